The number of aliphatic imine (C=N–C) groups is 1. The summed E-state index contributed by atoms with van der Waals surface area (Å²) in [6, 6.07) is 6.52. The third-order valence-corrected chi connectivity index (χ3v) is 12.8. The summed E-state index contributed by atoms with van der Waals surface area (Å²) in [7, 11) is -2.34. The highest BCUT2D eigenvalue weighted by Gasteiger charge is 2.61. The van der Waals surface area contributed by atoms with Crippen LogP contribution in [0.1, 0.15) is 77.3 Å². The number of hydrogen-bond donors (Lipinski definition) is 2. The largest absolute Gasteiger partial charge is 0.497 e. The fourth-order valence-corrected chi connectivity index (χ4v) is 8.60. The number of sulfonamides is 1. The minimum Gasteiger partial charge on any atom is -0.497 e. The van der Waals surface area contributed by atoms with E-state index in [1.165, 1.54) is 0 Å². The van der Waals surface area contributed by atoms with E-state index in [4.69, 9.17) is 14.5 Å². The molecule has 3 aliphatic heterocycles. The van der Waals surface area contributed by atoms with E-state index >= 15 is 0 Å². The van der Waals surface area contributed by atoms with Gasteiger partial charge >= 0.3 is 0 Å². The Labute approximate surface area is 291 Å². The monoisotopic (exact) mass is 711 g/mol. The van der Waals surface area contributed by atoms with E-state index in [1.54, 1.807) is 37.6 Å². The van der Waals surface area contributed by atoms with Crippen LogP contribution in [0.25, 0.3) is 10.9 Å². The Balaban J connectivity index is 1.29. The molecule has 1 aromatic heterocycles. The van der Waals surface area contributed by atoms with E-state index in [1.807, 2.05) is 36.4 Å². The third-order valence-electron chi connectivity index (χ3n) is 9.95. The molecule has 3 amide bonds. The molecule has 6 rings (SSSR count). The zero-order valence-corrected chi connectivity index (χ0v) is 29.9. The van der Waals surface area contributed by atoms with Crippen molar-refractivity contribution >= 4 is 55.5 Å². The van der Waals surface area contributed by atoms with E-state index in [9.17, 15) is 22.8 Å². The fourth-order valence-electron chi connectivity index (χ4n) is 6.71. The number of allylic oxidation sites excluding steroid dienone is 1. The Morgan fingerprint density at radius 2 is 2.02 bits per heavy atom. The first-order chi connectivity index (χ1) is 23.5. The number of aromatic nitrogens is 1. The predicted molar refractivity (Wildman–Crippen MR) is 189 cm³/mol. The van der Waals surface area contributed by atoms with Gasteiger partial charge in [-0.1, -0.05) is 31.9 Å². The number of carbonyl (C=O) groups excluding carboxylic acids is 3. The van der Waals surface area contributed by atoms with Crippen molar-refractivity contribution in [2.45, 2.75) is 94.6 Å². The SMILES string of the molecule is CCC(C)S(=O)(=O)NC(=O)[C@@]12C[C@H]1/C=C\CCCCCCC(=O)N1C[C@H](Oc3cc(C4=NCCS4)nc4cc(OC)ccc34)C[C@H]1C(=O)N2. The Hall–Kier alpha value is -3.65. The second-order valence-corrected chi connectivity index (χ2v) is 16.5. The number of ether oxygens (including phenoxy) is 2. The van der Waals surface area contributed by atoms with Crippen molar-refractivity contribution in [3.63, 3.8) is 0 Å². The zero-order chi connectivity index (χ0) is 34.8. The summed E-state index contributed by atoms with van der Waals surface area (Å²) in [5.74, 6) is 0.343. The van der Waals surface area contributed by atoms with Crippen LogP contribution in [0.3, 0.4) is 0 Å². The number of methoxy groups -OCH3 is 1. The quantitative estimate of drug-likeness (QED) is 0.385. The fraction of sp³-hybridized carbons (Fsp3) is 0.571. The van der Waals surface area contributed by atoms with Gasteiger partial charge in [-0.25, -0.2) is 13.4 Å². The average molecular weight is 712 g/mol. The molecular formula is C35H45N5O7S2. The molecule has 49 heavy (non-hydrogen) atoms. The Bertz CT molecular complexity index is 1780. The van der Waals surface area contributed by atoms with Crippen molar-refractivity contribution in [1.82, 2.24) is 19.9 Å². The maximum Gasteiger partial charge on any atom is 0.259 e. The van der Waals surface area contributed by atoms with Crippen molar-refractivity contribution in [1.29, 1.82) is 0 Å². The summed E-state index contributed by atoms with van der Waals surface area (Å²) in [4.78, 5) is 52.4. The van der Waals surface area contributed by atoms with Gasteiger partial charge in [-0.3, -0.25) is 24.1 Å². The van der Waals surface area contributed by atoms with Crippen LogP contribution in [0.15, 0.2) is 41.4 Å². The molecule has 1 saturated heterocycles. The molecular weight excluding hydrogens is 667 g/mol. The highest BCUT2D eigenvalue weighted by molar-refractivity contribution is 8.14. The average Bonchev–Trinajstić information content (AvgIpc) is 3.40. The van der Waals surface area contributed by atoms with E-state index in [-0.39, 0.29) is 31.2 Å². The Morgan fingerprint density at radius 1 is 1.20 bits per heavy atom. The van der Waals surface area contributed by atoms with Crippen LogP contribution in [0.4, 0.5) is 0 Å². The number of nitrogens with zero attached hydrogens (tertiary/aromatic N) is 3. The molecule has 2 N–H and O–H groups in total. The van der Waals surface area contributed by atoms with Crippen molar-refractivity contribution in [3.05, 3.63) is 42.1 Å². The van der Waals surface area contributed by atoms with E-state index in [2.05, 4.69) is 15.0 Å². The number of amides is 3. The lowest BCUT2D eigenvalue weighted by atomic mass is 10.1. The summed E-state index contributed by atoms with van der Waals surface area (Å²) in [6.07, 6.45) is 8.80. The standard InChI is InChI=1S/C35H45N5O7S2/c1-4-22(2)49(44,45)39-34(43)35-20-23(35)11-9-7-5-6-8-10-12-31(41)40-21-25(18-29(40)32(42)38-35)47-30-19-28(33-36-15-16-48-33)37-27-17-24(46-3)13-14-26(27)30/h9,11,13-14,17,19,22-23,25,29H,4-8,10,12,15-16,18,20-21H2,1-3H3,(H,38,42)(H,39,43)/b11-9-/t22?,23-,25-,29+,35-/m1/s1. The van der Waals surface area contributed by atoms with Crippen LogP contribution in [0, 0.1) is 5.92 Å². The molecule has 1 aromatic carbocycles. The van der Waals surface area contributed by atoms with Gasteiger partial charge in [0.1, 0.15) is 34.2 Å². The molecule has 1 aliphatic carbocycles. The summed E-state index contributed by atoms with van der Waals surface area (Å²) in [6.45, 7) is 4.18. The van der Waals surface area contributed by atoms with Crippen LogP contribution in [-0.2, 0) is 24.4 Å². The molecule has 4 aliphatic rings. The summed E-state index contributed by atoms with van der Waals surface area (Å²) >= 11 is 1.63. The lowest BCUT2D eigenvalue weighted by molar-refractivity contribution is -0.139. The van der Waals surface area contributed by atoms with E-state index < -0.39 is 44.8 Å². The van der Waals surface area contributed by atoms with Gasteiger partial charge in [0.2, 0.25) is 21.8 Å². The number of thioether (sulfide) groups is 1. The molecule has 2 fully saturated rings. The van der Waals surface area contributed by atoms with Crippen molar-refractivity contribution < 1.29 is 32.3 Å². The first-order valence-corrected chi connectivity index (χ1v) is 19.7. The molecule has 4 heterocycles. The van der Waals surface area contributed by atoms with Gasteiger partial charge in [0.05, 0.1) is 30.1 Å². The summed E-state index contributed by atoms with van der Waals surface area (Å²) in [5.41, 5.74) is -0.0541. The number of pyridine rings is 1. The second kappa shape index (κ2) is 14.7. The molecule has 0 spiro atoms. The van der Waals surface area contributed by atoms with E-state index in [0.29, 0.717) is 48.5 Å². The summed E-state index contributed by atoms with van der Waals surface area (Å²) < 4.78 is 40.1. The highest BCUT2D eigenvalue weighted by atomic mass is 32.2. The van der Waals surface area contributed by atoms with Crippen LogP contribution in [-0.4, -0.2) is 90.0 Å². The topological polar surface area (TPSA) is 156 Å². The molecule has 14 heteroatoms. The van der Waals surface area contributed by atoms with Crippen molar-refractivity contribution in [2.24, 2.45) is 10.9 Å². The smallest absolute Gasteiger partial charge is 0.259 e. The Morgan fingerprint density at radius 3 is 2.78 bits per heavy atom. The predicted octanol–water partition coefficient (Wildman–Crippen LogP) is 4.11. The van der Waals surface area contributed by atoms with Gasteiger partial charge in [0, 0.05) is 48.6 Å². The molecule has 5 atom stereocenters. The molecule has 1 saturated carbocycles. The van der Waals surface area contributed by atoms with Gasteiger partial charge < -0.3 is 19.7 Å². The maximum atomic E-state index is 14.1. The first-order valence-electron chi connectivity index (χ1n) is 17.2. The van der Waals surface area contributed by atoms with Crippen LogP contribution in [0.2, 0.25) is 0 Å². The number of carbonyl (C=O) groups is 3. The number of hydrogen-bond acceptors (Lipinski definition) is 10. The molecule has 0 bridgehead atoms. The number of benzene rings is 1. The third kappa shape index (κ3) is 7.59. The molecule has 12 nitrogen and oxygen atoms in total. The van der Waals surface area contributed by atoms with Gasteiger partial charge in [0.25, 0.3) is 5.91 Å². The van der Waals surface area contributed by atoms with Gasteiger partial charge in [-0.15, -0.1) is 11.8 Å². The summed E-state index contributed by atoms with van der Waals surface area (Å²) in [5, 5.41) is 3.74. The minimum absolute atomic E-state index is 0.147. The molecule has 264 valence electrons. The normalized spacial score (nSPS) is 27.5. The van der Waals surface area contributed by atoms with Gasteiger partial charge in [-0.2, -0.15) is 0 Å². The Kier molecular flexibility index (Phi) is 10.5. The second-order valence-electron chi connectivity index (χ2n) is 13.3. The first kappa shape index (κ1) is 35.2. The minimum atomic E-state index is -3.94. The molecule has 0 radical (unpaired) electrons. The van der Waals surface area contributed by atoms with Crippen LogP contribution in [0.5, 0.6) is 11.5 Å². The van der Waals surface area contributed by atoms with Gasteiger partial charge in [-0.05, 0) is 51.2 Å². The molecule has 2 aromatic rings. The lowest BCUT2D eigenvalue weighted by Crippen LogP contribution is -2.57. The maximum absolute atomic E-state index is 14.1. The lowest BCUT2D eigenvalue weighted by Gasteiger charge is -2.26. The van der Waals surface area contributed by atoms with Crippen molar-refractivity contribution in [3.8, 4) is 11.5 Å². The zero-order valence-electron chi connectivity index (χ0n) is 28.3. The highest BCUT2D eigenvalue weighted by Crippen LogP contribution is 2.46. The number of fused-ring (bicyclic) bond motifs is 3. The van der Waals surface area contributed by atoms with Crippen LogP contribution >= 0.6 is 11.8 Å². The number of rotatable bonds is 8. The van der Waals surface area contributed by atoms with Crippen LogP contribution < -0.4 is 19.5 Å². The molecule has 1 unspecified atom stereocenters. The number of nitrogens with one attached hydrogen (secondary N) is 2. The van der Waals surface area contributed by atoms with Crippen molar-refractivity contribution in [2.75, 3.05) is 26.0 Å². The van der Waals surface area contributed by atoms with E-state index in [0.717, 1.165) is 41.9 Å². The van der Waals surface area contributed by atoms with Gasteiger partial charge in [0.15, 0.2) is 0 Å².